The monoisotopic (exact) mass is 270 g/mol. The first kappa shape index (κ1) is 16.4. The van der Waals surface area contributed by atoms with Crippen LogP contribution in [0.1, 0.15) is 52.9 Å². The number of ether oxygens (including phenoxy) is 1. The largest absolute Gasteiger partial charge is 0.465 e. The molecule has 112 valence electrons. The van der Waals surface area contributed by atoms with Crippen LogP contribution in [0.25, 0.3) is 0 Å². The van der Waals surface area contributed by atoms with Gasteiger partial charge in [0.15, 0.2) is 0 Å². The summed E-state index contributed by atoms with van der Waals surface area (Å²) in [5.41, 5.74) is 5.18. The fourth-order valence-electron chi connectivity index (χ4n) is 3.00. The number of rotatable bonds is 6. The molecule has 0 aromatic carbocycles. The van der Waals surface area contributed by atoms with Crippen LogP contribution in [0, 0.1) is 5.92 Å². The molecule has 0 aromatic rings. The molecule has 1 rings (SSSR count). The molecule has 1 unspecified atom stereocenters. The number of hydrogen-bond acceptors (Lipinski definition) is 4. The Bertz CT molecular complexity index is 284. The summed E-state index contributed by atoms with van der Waals surface area (Å²) in [7, 11) is 2.07. The van der Waals surface area contributed by atoms with Crippen molar-refractivity contribution in [3.8, 4) is 0 Å². The van der Waals surface area contributed by atoms with Crippen LogP contribution in [0.3, 0.4) is 0 Å². The molecule has 4 nitrogen and oxygen atoms in total. The molecule has 0 amide bonds. The minimum atomic E-state index is -0.910. The van der Waals surface area contributed by atoms with Crippen molar-refractivity contribution >= 4 is 5.97 Å². The van der Waals surface area contributed by atoms with E-state index in [1.807, 2.05) is 6.92 Å². The molecule has 1 fully saturated rings. The van der Waals surface area contributed by atoms with E-state index >= 15 is 0 Å². The van der Waals surface area contributed by atoms with Crippen molar-refractivity contribution in [2.75, 3.05) is 20.2 Å². The molecule has 0 radical (unpaired) electrons. The Morgan fingerprint density at radius 1 is 1.32 bits per heavy atom. The van der Waals surface area contributed by atoms with Crippen LogP contribution in [0.4, 0.5) is 0 Å². The van der Waals surface area contributed by atoms with Crippen molar-refractivity contribution in [1.82, 2.24) is 4.90 Å². The topological polar surface area (TPSA) is 55.6 Å². The van der Waals surface area contributed by atoms with Crippen LogP contribution in [-0.2, 0) is 9.53 Å². The van der Waals surface area contributed by atoms with Gasteiger partial charge in [-0.15, -0.1) is 0 Å². The minimum absolute atomic E-state index is 0.302. The predicted molar refractivity (Wildman–Crippen MR) is 77.9 cm³/mol. The summed E-state index contributed by atoms with van der Waals surface area (Å²) in [6, 6.07) is 0.556. The smallest absolute Gasteiger partial charge is 0.327 e. The number of nitrogens with zero attached hydrogens (tertiary/aromatic N) is 1. The van der Waals surface area contributed by atoms with Gasteiger partial charge in [0, 0.05) is 12.6 Å². The summed E-state index contributed by atoms with van der Waals surface area (Å²) in [5.74, 6) is 0.586. The molecular formula is C15H30N2O2. The second-order valence-electron chi connectivity index (χ2n) is 6.14. The summed E-state index contributed by atoms with van der Waals surface area (Å²) in [4.78, 5) is 14.0. The summed E-state index contributed by atoms with van der Waals surface area (Å²) in [6.07, 6.45) is 6.31. The molecular weight excluding hydrogens is 240 g/mol. The number of esters is 1. The second kappa shape index (κ2) is 7.25. The minimum Gasteiger partial charge on any atom is -0.465 e. The van der Waals surface area contributed by atoms with Crippen molar-refractivity contribution in [1.29, 1.82) is 0 Å². The van der Waals surface area contributed by atoms with Crippen LogP contribution in [0.2, 0.25) is 0 Å². The summed E-state index contributed by atoms with van der Waals surface area (Å²) in [6.45, 7) is 6.79. The third-order valence-corrected chi connectivity index (χ3v) is 4.34. The summed E-state index contributed by atoms with van der Waals surface area (Å²) >= 11 is 0. The Hall–Kier alpha value is -0.610. The normalized spacial score (nSPS) is 27.1. The van der Waals surface area contributed by atoms with Crippen LogP contribution >= 0.6 is 0 Å². The molecule has 0 saturated heterocycles. The Morgan fingerprint density at radius 3 is 2.37 bits per heavy atom. The van der Waals surface area contributed by atoms with Crippen molar-refractivity contribution in [3.05, 3.63) is 0 Å². The van der Waals surface area contributed by atoms with E-state index in [0.717, 1.165) is 5.92 Å². The van der Waals surface area contributed by atoms with Crippen molar-refractivity contribution in [2.24, 2.45) is 11.7 Å². The molecule has 0 aliphatic heterocycles. The average molecular weight is 270 g/mol. The third kappa shape index (κ3) is 4.77. The lowest BCUT2D eigenvalue weighted by Crippen LogP contribution is -2.55. The van der Waals surface area contributed by atoms with E-state index < -0.39 is 5.54 Å². The van der Waals surface area contributed by atoms with Gasteiger partial charge in [0.05, 0.1) is 6.61 Å². The lowest BCUT2D eigenvalue weighted by molar-refractivity contribution is -0.149. The first-order valence-electron chi connectivity index (χ1n) is 7.57. The predicted octanol–water partition coefficient (Wildman–Crippen LogP) is 2.17. The molecule has 2 N–H and O–H groups in total. The molecule has 0 heterocycles. The van der Waals surface area contributed by atoms with Crippen molar-refractivity contribution in [3.63, 3.8) is 0 Å². The molecule has 0 bridgehead atoms. The number of hydrogen-bond donors (Lipinski definition) is 1. The molecule has 4 heteroatoms. The van der Waals surface area contributed by atoms with Gasteiger partial charge in [-0.1, -0.05) is 13.3 Å². The molecule has 1 saturated carbocycles. The van der Waals surface area contributed by atoms with Crippen LogP contribution in [0.15, 0.2) is 0 Å². The van der Waals surface area contributed by atoms with Crippen molar-refractivity contribution < 1.29 is 9.53 Å². The summed E-state index contributed by atoms with van der Waals surface area (Å²) < 4.78 is 5.04. The number of likely N-dealkylation sites (N-methyl/N-ethyl adjacent to an activating group) is 1. The molecule has 19 heavy (non-hydrogen) atoms. The van der Waals surface area contributed by atoms with E-state index in [0.29, 0.717) is 19.2 Å². The fraction of sp³-hybridized carbons (Fsp3) is 0.933. The van der Waals surface area contributed by atoms with Gasteiger partial charge in [0.25, 0.3) is 0 Å². The van der Waals surface area contributed by atoms with Gasteiger partial charge in [-0.2, -0.15) is 0 Å². The zero-order chi connectivity index (χ0) is 14.5. The van der Waals surface area contributed by atoms with Gasteiger partial charge in [-0.05, 0) is 52.5 Å². The second-order valence-corrected chi connectivity index (χ2v) is 6.14. The van der Waals surface area contributed by atoms with Gasteiger partial charge in [-0.3, -0.25) is 4.79 Å². The van der Waals surface area contributed by atoms with E-state index in [4.69, 9.17) is 10.5 Å². The first-order valence-corrected chi connectivity index (χ1v) is 7.57. The summed E-state index contributed by atoms with van der Waals surface area (Å²) in [5, 5.41) is 0. The Morgan fingerprint density at radius 2 is 1.89 bits per heavy atom. The number of carbonyl (C=O) groups excluding carboxylic acids is 1. The molecule has 1 aliphatic carbocycles. The van der Waals surface area contributed by atoms with Crippen LogP contribution in [0.5, 0.6) is 0 Å². The average Bonchev–Trinajstić information content (AvgIpc) is 2.38. The highest BCUT2D eigenvalue weighted by Gasteiger charge is 2.34. The van der Waals surface area contributed by atoms with Crippen LogP contribution < -0.4 is 5.73 Å². The van der Waals surface area contributed by atoms with E-state index in [1.165, 1.54) is 32.1 Å². The van der Waals surface area contributed by atoms with Gasteiger partial charge < -0.3 is 15.4 Å². The van der Waals surface area contributed by atoms with Gasteiger partial charge in [0.1, 0.15) is 5.54 Å². The van der Waals surface area contributed by atoms with Crippen LogP contribution in [-0.4, -0.2) is 42.6 Å². The highest BCUT2D eigenvalue weighted by atomic mass is 16.5. The van der Waals surface area contributed by atoms with E-state index in [2.05, 4.69) is 18.9 Å². The lowest BCUT2D eigenvalue weighted by atomic mass is 9.83. The molecule has 1 aliphatic rings. The maximum Gasteiger partial charge on any atom is 0.327 e. The zero-order valence-electron chi connectivity index (χ0n) is 12.9. The first-order chi connectivity index (χ1) is 8.90. The molecule has 0 spiro atoms. The standard InChI is InChI=1S/C15H30N2O2/c1-5-12-7-9-13(10-8-12)17(4)11-15(3,16)14(18)19-6-2/h12-13H,5-11,16H2,1-4H3. The lowest BCUT2D eigenvalue weighted by Gasteiger charge is -2.37. The highest BCUT2D eigenvalue weighted by Crippen LogP contribution is 2.29. The van der Waals surface area contributed by atoms with E-state index in [1.54, 1.807) is 6.92 Å². The SMILES string of the molecule is CCOC(=O)C(C)(N)CN(C)C1CCC(CC)CC1. The Labute approximate surface area is 117 Å². The molecule has 0 aromatic heterocycles. The fourth-order valence-corrected chi connectivity index (χ4v) is 3.00. The number of carbonyl (C=O) groups is 1. The highest BCUT2D eigenvalue weighted by molar-refractivity contribution is 5.80. The Kier molecular flexibility index (Phi) is 6.27. The maximum absolute atomic E-state index is 11.8. The van der Waals surface area contributed by atoms with E-state index in [-0.39, 0.29) is 5.97 Å². The van der Waals surface area contributed by atoms with Gasteiger partial charge in [-0.25, -0.2) is 0 Å². The van der Waals surface area contributed by atoms with E-state index in [9.17, 15) is 4.79 Å². The van der Waals surface area contributed by atoms with Gasteiger partial charge in [0.2, 0.25) is 0 Å². The zero-order valence-corrected chi connectivity index (χ0v) is 12.9. The molecule has 1 atom stereocenters. The number of nitrogens with two attached hydrogens (primary N) is 1. The van der Waals surface area contributed by atoms with Gasteiger partial charge >= 0.3 is 5.97 Å². The Balaban J connectivity index is 2.46. The third-order valence-electron chi connectivity index (χ3n) is 4.34. The quantitative estimate of drug-likeness (QED) is 0.752. The van der Waals surface area contributed by atoms with Crippen molar-refractivity contribution in [2.45, 2.75) is 64.5 Å². The maximum atomic E-state index is 11.8.